The van der Waals surface area contributed by atoms with Crippen molar-refractivity contribution in [3.8, 4) is 0 Å². The molecule has 21 heavy (non-hydrogen) atoms. The molecule has 3 rings (SSSR count). The van der Waals surface area contributed by atoms with Crippen LogP contribution in [0.5, 0.6) is 0 Å². The highest BCUT2D eigenvalue weighted by molar-refractivity contribution is 5.67. The van der Waals surface area contributed by atoms with E-state index in [-0.39, 0.29) is 12.5 Å². The molecule has 1 heteroatoms. The van der Waals surface area contributed by atoms with Gasteiger partial charge in [0.15, 0.2) is 0 Å². The van der Waals surface area contributed by atoms with E-state index < -0.39 is 32.1 Å². The molecule has 1 heterocycles. The quantitative estimate of drug-likeness (QED) is 0.743. The zero-order valence-electron chi connectivity index (χ0n) is 22.2. The van der Waals surface area contributed by atoms with Gasteiger partial charge in [-0.2, -0.15) is 0 Å². The molecule has 0 bridgehead atoms. The molecule has 2 fully saturated rings. The van der Waals surface area contributed by atoms with E-state index in [0.29, 0.717) is 4.90 Å². The first-order valence-electron chi connectivity index (χ1n) is 12.7. The highest BCUT2D eigenvalue weighted by Crippen LogP contribution is 2.35. The summed E-state index contributed by atoms with van der Waals surface area (Å²) in [6.07, 6.45) is -3.09. The van der Waals surface area contributed by atoms with Gasteiger partial charge in [0, 0.05) is 20.3 Å². The number of hydrogen-bond donors (Lipinski definition) is 0. The van der Waals surface area contributed by atoms with E-state index in [1.54, 1.807) is 6.08 Å². The monoisotopic (exact) mass is 293 g/mol. The molecule has 0 unspecified atom stereocenters. The third-order valence-corrected chi connectivity index (χ3v) is 4.15. The van der Waals surface area contributed by atoms with Crippen molar-refractivity contribution in [1.82, 2.24) is 4.90 Å². The maximum absolute atomic E-state index is 8.31. The number of nitrogens with zero attached hydrogens (tertiary/aromatic N) is 1. The summed E-state index contributed by atoms with van der Waals surface area (Å²) < 4.78 is 81.5. The van der Waals surface area contributed by atoms with Crippen molar-refractivity contribution in [3.63, 3.8) is 0 Å². The van der Waals surface area contributed by atoms with Crippen molar-refractivity contribution in [3.05, 3.63) is 42.0 Å². The summed E-state index contributed by atoms with van der Waals surface area (Å²) in [4.78, 5) is 0.507. The van der Waals surface area contributed by atoms with Crippen LogP contribution in [0, 0.1) is 5.92 Å². The lowest BCUT2D eigenvalue weighted by molar-refractivity contribution is 0.251. The molecule has 0 amide bonds. The van der Waals surface area contributed by atoms with Crippen molar-refractivity contribution < 1.29 is 13.7 Å². The van der Waals surface area contributed by atoms with Crippen LogP contribution in [-0.2, 0) is 0 Å². The van der Waals surface area contributed by atoms with Crippen LogP contribution in [-0.4, -0.2) is 24.4 Å². The van der Waals surface area contributed by atoms with Crippen molar-refractivity contribution in [1.29, 1.82) is 0 Å². The summed E-state index contributed by atoms with van der Waals surface area (Å²) in [7, 11) is 0. The first kappa shape index (κ1) is 7.00. The van der Waals surface area contributed by atoms with Crippen LogP contribution >= 0.6 is 0 Å². The van der Waals surface area contributed by atoms with E-state index in [4.69, 9.17) is 13.7 Å². The number of piperidine rings is 1. The molecule has 1 nitrogen and oxygen atoms in total. The maximum atomic E-state index is 8.31. The third kappa shape index (κ3) is 4.20. The fourth-order valence-corrected chi connectivity index (χ4v) is 3.10. The second-order valence-electron chi connectivity index (χ2n) is 5.57. The molecule has 1 aromatic rings. The van der Waals surface area contributed by atoms with Gasteiger partial charge in [-0.15, -0.1) is 0 Å². The van der Waals surface area contributed by atoms with Gasteiger partial charge in [0.1, 0.15) is 0 Å². The van der Waals surface area contributed by atoms with Crippen LogP contribution in [0.4, 0.5) is 0 Å². The Kier molecular flexibility index (Phi) is 2.60. The summed E-state index contributed by atoms with van der Waals surface area (Å²) in [6.45, 7) is -6.53. The van der Waals surface area contributed by atoms with Gasteiger partial charge in [0.05, 0.1) is 0 Å². The molecular weight excluding hydrogens is 254 g/mol. The molecule has 114 valence electrons. The van der Waals surface area contributed by atoms with Crippen molar-refractivity contribution >= 4 is 5.57 Å². The van der Waals surface area contributed by atoms with Crippen LogP contribution < -0.4 is 0 Å². The minimum atomic E-state index is -3.38. The van der Waals surface area contributed by atoms with Gasteiger partial charge >= 0.3 is 0 Å². The molecular formula is C20H29N. The first-order chi connectivity index (χ1) is 14.2. The second kappa shape index (κ2) is 7.79. The van der Waals surface area contributed by atoms with Gasteiger partial charge in [-0.05, 0) is 55.6 Å². The fraction of sp³-hybridized carbons (Fsp3) is 0.600. The lowest BCUT2D eigenvalue weighted by Gasteiger charge is -2.28. The Hall–Kier alpha value is -1.08. The number of benzene rings is 1. The highest BCUT2D eigenvalue weighted by atomic mass is 15.1. The molecule has 0 spiro atoms. The van der Waals surface area contributed by atoms with Gasteiger partial charge in [0.25, 0.3) is 0 Å². The van der Waals surface area contributed by atoms with Gasteiger partial charge in [0.2, 0.25) is 0 Å². The topological polar surface area (TPSA) is 3.24 Å². The summed E-state index contributed by atoms with van der Waals surface area (Å²) in [5.41, 5.74) is 1.84. The Morgan fingerprint density at radius 1 is 1.05 bits per heavy atom. The molecule has 0 radical (unpaired) electrons. The molecule has 0 atom stereocenters. The standard InChI is InChI=1S/C20H29N/c1-4-10-18(11-5-1)20(19-12-6-2-7-13-19)14-17-21-15-8-3-9-16-21/h1,4-5,10-11,14,19H,2-3,6-9,12-13,15-17H2/b20-14-/i3D2,8D2,9D2,15D2,16D2. The Morgan fingerprint density at radius 3 is 2.48 bits per heavy atom. The Morgan fingerprint density at radius 2 is 1.76 bits per heavy atom. The van der Waals surface area contributed by atoms with E-state index in [1.165, 1.54) is 0 Å². The van der Waals surface area contributed by atoms with Crippen LogP contribution in [0.15, 0.2) is 36.4 Å². The van der Waals surface area contributed by atoms with Gasteiger partial charge in [-0.25, -0.2) is 0 Å². The molecule has 2 aliphatic rings. The van der Waals surface area contributed by atoms with Gasteiger partial charge < -0.3 is 0 Å². The van der Waals surface area contributed by atoms with E-state index >= 15 is 0 Å². The number of hydrogen-bond acceptors (Lipinski definition) is 1. The molecule has 1 aliphatic carbocycles. The zero-order chi connectivity index (χ0) is 23.3. The molecule has 1 saturated carbocycles. The molecule has 1 saturated heterocycles. The third-order valence-electron chi connectivity index (χ3n) is 4.15. The SMILES string of the molecule is [2H]C1([2H])N(C/C=C(/c2ccccc2)C2CCCCC2)C([2H])([2H])C([2H])([2H])C([2H])([2H])C1([2H])[2H]. The summed E-state index contributed by atoms with van der Waals surface area (Å²) in [5, 5.41) is 0. The number of rotatable bonds is 4. The Labute approximate surface area is 144 Å². The Bertz CT molecular complexity index is 783. The largest absolute Gasteiger partial charge is 0.300 e. The smallest absolute Gasteiger partial charge is 0.0431 e. The van der Waals surface area contributed by atoms with E-state index in [9.17, 15) is 0 Å². The van der Waals surface area contributed by atoms with E-state index in [0.717, 1.165) is 43.2 Å². The highest BCUT2D eigenvalue weighted by Gasteiger charge is 2.19. The van der Waals surface area contributed by atoms with Gasteiger partial charge in [-0.3, -0.25) is 4.90 Å². The van der Waals surface area contributed by atoms with Crippen molar-refractivity contribution in [2.45, 2.75) is 51.2 Å². The summed E-state index contributed by atoms with van der Waals surface area (Å²) >= 11 is 0. The average molecular weight is 294 g/mol. The van der Waals surface area contributed by atoms with Crippen LogP contribution in [0.25, 0.3) is 5.57 Å². The fourth-order valence-electron chi connectivity index (χ4n) is 3.10. The van der Waals surface area contributed by atoms with E-state index in [2.05, 4.69) is 0 Å². The van der Waals surface area contributed by atoms with Gasteiger partial charge in [-0.1, -0.05) is 62.0 Å². The Balaban J connectivity index is 2.06. The minimum absolute atomic E-state index is 0.206. The summed E-state index contributed by atoms with van der Waals surface area (Å²) in [6, 6.07) is 9.51. The minimum Gasteiger partial charge on any atom is -0.300 e. The number of allylic oxidation sites excluding steroid dienone is 1. The molecule has 1 aliphatic heterocycles. The molecule has 0 aromatic heterocycles. The molecule has 0 N–H and O–H groups in total. The van der Waals surface area contributed by atoms with Crippen LogP contribution in [0.1, 0.15) is 70.5 Å². The predicted molar refractivity (Wildman–Crippen MR) is 91.3 cm³/mol. The number of likely N-dealkylation sites (tertiary alicyclic amines) is 1. The summed E-state index contributed by atoms with van der Waals surface area (Å²) in [5.74, 6) is 0.206. The average Bonchev–Trinajstić information content (AvgIpc) is 2.71. The normalized spacial score (nSPS) is 41.4. The van der Waals surface area contributed by atoms with Crippen molar-refractivity contribution in [2.24, 2.45) is 5.92 Å². The lowest BCUT2D eigenvalue weighted by atomic mass is 9.81. The van der Waals surface area contributed by atoms with Crippen molar-refractivity contribution in [2.75, 3.05) is 19.5 Å². The first-order valence-corrected chi connectivity index (χ1v) is 7.73. The second-order valence-corrected chi connectivity index (χ2v) is 5.57. The van der Waals surface area contributed by atoms with Crippen LogP contribution in [0.3, 0.4) is 0 Å². The lowest BCUT2D eigenvalue weighted by Crippen LogP contribution is -2.30. The van der Waals surface area contributed by atoms with Crippen LogP contribution in [0.2, 0.25) is 0 Å². The predicted octanol–water partition coefficient (Wildman–Crippen LogP) is 5.14. The molecule has 1 aromatic carbocycles. The van der Waals surface area contributed by atoms with E-state index in [1.807, 2.05) is 30.3 Å². The zero-order valence-corrected chi connectivity index (χ0v) is 12.2. The maximum Gasteiger partial charge on any atom is 0.0431 e.